The standard InChI is InChI=1S/C26H26ClN3O4/c1-3-4-17-5-9-19(10-6-17)26(2)24(32)30(25(33)29-26)16-23(31)28-15-21-13-14-22(34-21)18-7-11-20(27)12-8-18/h5-14H,3-4,15-16H2,1-2H3,(H,28,31)(H,29,33). The summed E-state index contributed by atoms with van der Waals surface area (Å²) in [6, 6.07) is 17.8. The molecule has 176 valence electrons. The van der Waals surface area contributed by atoms with Crippen molar-refractivity contribution >= 4 is 29.4 Å². The third-order valence-corrected chi connectivity index (χ3v) is 6.15. The maximum Gasteiger partial charge on any atom is 0.325 e. The number of halogens is 1. The summed E-state index contributed by atoms with van der Waals surface area (Å²) in [6.45, 7) is 3.51. The molecule has 1 fully saturated rings. The molecular weight excluding hydrogens is 454 g/mol. The number of benzene rings is 2. The fourth-order valence-corrected chi connectivity index (χ4v) is 4.08. The van der Waals surface area contributed by atoms with Crippen LogP contribution in [0, 0.1) is 0 Å². The van der Waals surface area contributed by atoms with Crippen LogP contribution < -0.4 is 10.6 Å². The molecule has 4 rings (SSSR count). The van der Waals surface area contributed by atoms with Gasteiger partial charge in [0.2, 0.25) is 5.91 Å². The summed E-state index contributed by atoms with van der Waals surface area (Å²) in [4.78, 5) is 39.0. The molecule has 1 atom stereocenters. The highest BCUT2D eigenvalue weighted by atomic mass is 35.5. The van der Waals surface area contributed by atoms with Crippen LogP contribution >= 0.6 is 11.6 Å². The third-order valence-electron chi connectivity index (χ3n) is 5.90. The van der Waals surface area contributed by atoms with E-state index >= 15 is 0 Å². The first-order chi connectivity index (χ1) is 16.3. The molecule has 2 N–H and O–H groups in total. The number of aryl methyl sites for hydroxylation is 1. The van der Waals surface area contributed by atoms with Crippen molar-refractivity contribution in [3.63, 3.8) is 0 Å². The number of imide groups is 1. The van der Waals surface area contributed by atoms with Crippen molar-refractivity contribution in [1.82, 2.24) is 15.5 Å². The van der Waals surface area contributed by atoms with Gasteiger partial charge in [-0.25, -0.2) is 4.79 Å². The van der Waals surface area contributed by atoms with E-state index in [1.807, 2.05) is 36.4 Å². The van der Waals surface area contributed by atoms with E-state index in [9.17, 15) is 14.4 Å². The molecule has 34 heavy (non-hydrogen) atoms. The number of amides is 4. The Balaban J connectivity index is 1.36. The Kier molecular flexibility index (Phi) is 6.75. The van der Waals surface area contributed by atoms with Crippen LogP contribution in [0.4, 0.5) is 4.79 Å². The summed E-state index contributed by atoms with van der Waals surface area (Å²) in [5.74, 6) is 0.276. The molecule has 2 aromatic carbocycles. The average Bonchev–Trinajstić information content (AvgIpc) is 3.38. The van der Waals surface area contributed by atoms with Gasteiger partial charge in [-0.1, -0.05) is 49.2 Å². The van der Waals surface area contributed by atoms with Gasteiger partial charge in [0.05, 0.1) is 6.54 Å². The molecule has 0 spiro atoms. The van der Waals surface area contributed by atoms with Crippen LogP contribution in [0.5, 0.6) is 0 Å². The van der Waals surface area contributed by atoms with E-state index in [1.165, 1.54) is 5.56 Å². The first-order valence-corrected chi connectivity index (χ1v) is 11.5. The second kappa shape index (κ2) is 9.73. The summed E-state index contributed by atoms with van der Waals surface area (Å²) in [5, 5.41) is 6.07. The molecule has 1 aliphatic heterocycles. The molecule has 4 amide bonds. The number of hydrogen-bond donors (Lipinski definition) is 2. The lowest BCUT2D eigenvalue weighted by Crippen LogP contribution is -2.43. The smallest absolute Gasteiger partial charge is 0.325 e. The Hall–Kier alpha value is -3.58. The molecule has 0 bridgehead atoms. The molecule has 1 unspecified atom stereocenters. The highest BCUT2D eigenvalue weighted by Crippen LogP contribution is 2.29. The molecule has 0 aliphatic carbocycles. The number of carbonyl (C=O) groups is 3. The van der Waals surface area contributed by atoms with Gasteiger partial charge in [-0.3, -0.25) is 14.5 Å². The van der Waals surface area contributed by atoms with Gasteiger partial charge < -0.3 is 15.1 Å². The Bertz CT molecular complexity index is 1200. The quantitative estimate of drug-likeness (QED) is 0.460. The molecule has 7 nitrogen and oxygen atoms in total. The maximum absolute atomic E-state index is 13.1. The molecule has 1 aliphatic rings. The van der Waals surface area contributed by atoms with Crippen LogP contribution in [-0.4, -0.2) is 29.3 Å². The fourth-order valence-electron chi connectivity index (χ4n) is 3.96. The van der Waals surface area contributed by atoms with Crippen molar-refractivity contribution in [2.24, 2.45) is 0 Å². The molecule has 0 radical (unpaired) electrons. The van der Waals surface area contributed by atoms with Crippen molar-refractivity contribution in [2.45, 2.75) is 38.8 Å². The SMILES string of the molecule is CCCc1ccc(C2(C)NC(=O)N(CC(=O)NCc3ccc(-c4ccc(Cl)cc4)o3)C2=O)cc1. The number of hydrogen-bond acceptors (Lipinski definition) is 4. The van der Waals surface area contributed by atoms with Gasteiger partial charge in [0.1, 0.15) is 23.6 Å². The lowest BCUT2D eigenvalue weighted by atomic mass is 9.91. The zero-order valence-corrected chi connectivity index (χ0v) is 19.8. The Morgan fingerprint density at radius 2 is 1.76 bits per heavy atom. The minimum atomic E-state index is -1.21. The molecule has 1 aromatic heterocycles. The van der Waals surface area contributed by atoms with Crippen molar-refractivity contribution in [3.8, 4) is 11.3 Å². The van der Waals surface area contributed by atoms with E-state index < -0.39 is 23.4 Å². The first kappa shape index (κ1) is 23.6. The Labute approximate surface area is 203 Å². The van der Waals surface area contributed by atoms with Gasteiger partial charge >= 0.3 is 6.03 Å². The largest absolute Gasteiger partial charge is 0.459 e. The van der Waals surface area contributed by atoms with Gasteiger partial charge in [-0.2, -0.15) is 0 Å². The van der Waals surface area contributed by atoms with E-state index in [0.29, 0.717) is 22.1 Å². The molecular formula is C26H26ClN3O4. The number of carbonyl (C=O) groups excluding carboxylic acids is 3. The van der Waals surface area contributed by atoms with Gasteiger partial charge in [0.15, 0.2) is 0 Å². The lowest BCUT2D eigenvalue weighted by molar-refractivity contribution is -0.134. The van der Waals surface area contributed by atoms with E-state index in [0.717, 1.165) is 23.3 Å². The molecule has 2 heterocycles. The molecule has 1 saturated heterocycles. The van der Waals surface area contributed by atoms with Gasteiger partial charge in [-0.05, 0) is 60.9 Å². The molecule has 0 saturated carbocycles. The normalized spacial score (nSPS) is 17.7. The predicted molar refractivity (Wildman–Crippen MR) is 129 cm³/mol. The maximum atomic E-state index is 13.1. The number of nitrogens with zero attached hydrogens (tertiary/aromatic N) is 1. The van der Waals surface area contributed by atoms with E-state index in [2.05, 4.69) is 17.6 Å². The molecule has 3 aromatic rings. The minimum absolute atomic E-state index is 0.131. The zero-order valence-electron chi connectivity index (χ0n) is 19.1. The Morgan fingerprint density at radius 3 is 2.44 bits per heavy atom. The second-order valence-corrected chi connectivity index (χ2v) is 8.88. The predicted octanol–water partition coefficient (Wildman–Crippen LogP) is 4.64. The van der Waals surface area contributed by atoms with Gasteiger partial charge in [0.25, 0.3) is 5.91 Å². The molecule has 8 heteroatoms. The summed E-state index contributed by atoms with van der Waals surface area (Å²) >= 11 is 5.91. The van der Waals surface area contributed by atoms with Crippen LogP contribution in [0.15, 0.2) is 65.1 Å². The third kappa shape index (κ3) is 4.84. The van der Waals surface area contributed by atoms with Crippen LogP contribution in [0.25, 0.3) is 11.3 Å². The highest BCUT2D eigenvalue weighted by molar-refractivity contribution is 6.30. The van der Waals surface area contributed by atoms with E-state index in [-0.39, 0.29) is 13.1 Å². The average molecular weight is 480 g/mol. The summed E-state index contributed by atoms with van der Waals surface area (Å²) in [6.07, 6.45) is 1.97. The van der Waals surface area contributed by atoms with Crippen molar-refractivity contribution in [1.29, 1.82) is 0 Å². The topological polar surface area (TPSA) is 91.7 Å². The van der Waals surface area contributed by atoms with Crippen molar-refractivity contribution in [3.05, 3.63) is 82.6 Å². The van der Waals surface area contributed by atoms with Crippen molar-refractivity contribution < 1.29 is 18.8 Å². The van der Waals surface area contributed by atoms with Crippen LogP contribution in [-0.2, 0) is 28.1 Å². The van der Waals surface area contributed by atoms with Gasteiger partial charge in [-0.15, -0.1) is 0 Å². The second-order valence-electron chi connectivity index (χ2n) is 8.44. The zero-order chi connectivity index (χ0) is 24.3. The Morgan fingerprint density at radius 1 is 1.06 bits per heavy atom. The highest BCUT2D eigenvalue weighted by Gasteiger charge is 2.49. The number of furan rings is 1. The lowest BCUT2D eigenvalue weighted by Gasteiger charge is -2.22. The van der Waals surface area contributed by atoms with Crippen LogP contribution in [0.1, 0.15) is 37.2 Å². The number of rotatable bonds is 8. The minimum Gasteiger partial charge on any atom is -0.459 e. The fraction of sp³-hybridized carbons (Fsp3) is 0.269. The van der Waals surface area contributed by atoms with E-state index in [1.54, 1.807) is 31.2 Å². The van der Waals surface area contributed by atoms with Crippen LogP contribution in [0.3, 0.4) is 0 Å². The van der Waals surface area contributed by atoms with Gasteiger partial charge in [0, 0.05) is 10.6 Å². The summed E-state index contributed by atoms with van der Waals surface area (Å²) in [7, 11) is 0. The first-order valence-electron chi connectivity index (χ1n) is 11.1. The monoisotopic (exact) mass is 479 g/mol. The summed E-state index contributed by atoms with van der Waals surface area (Å²) < 4.78 is 5.77. The summed E-state index contributed by atoms with van der Waals surface area (Å²) in [5.41, 5.74) is 1.50. The van der Waals surface area contributed by atoms with E-state index in [4.69, 9.17) is 16.0 Å². The van der Waals surface area contributed by atoms with Crippen LogP contribution in [0.2, 0.25) is 5.02 Å². The van der Waals surface area contributed by atoms with Crippen molar-refractivity contribution in [2.75, 3.05) is 6.54 Å². The number of nitrogens with one attached hydrogen (secondary N) is 2. The number of urea groups is 1.